The van der Waals surface area contributed by atoms with Gasteiger partial charge in [-0.15, -0.1) is 0 Å². The Balaban J connectivity index is 1.83. The van der Waals surface area contributed by atoms with Gasteiger partial charge in [0.25, 0.3) is 0 Å². The van der Waals surface area contributed by atoms with E-state index in [0.717, 1.165) is 16.9 Å². The quantitative estimate of drug-likeness (QED) is 0.393. The van der Waals surface area contributed by atoms with Gasteiger partial charge in [-0.25, -0.2) is 8.42 Å². The number of aryl methyl sites for hydroxylation is 2. The Kier molecular flexibility index (Phi) is 8.69. The normalized spacial score (nSPS) is 11.8. The zero-order valence-electron chi connectivity index (χ0n) is 20.4. The lowest BCUT2D eigenvalue weighted by Gasteiger charge is -2.28. The van der Waals surface area contributed by atoms with E-state index in [9.17, 15) is 13.2 Å². The zero-order valence-corrected chi connectivity index (χ0v) is 21.2. The lowest BCUT2D eigenvalue weighted by molar-refractivity contribution is -0.132. The van der Waals surface area contributed by atoms with Gasteiger partial charge >= 0.3 is 0 Å². The third kappa shape index (κ3) is 7.05. The number of furan rings is 1. The molecule has 0 saturated carbocycles. The van der Waals surface area contributed by atoms with Gasteiger partial charge in [-0.2, -0.15) is 4.31 Å². The van der Waals surface area contributed by atoms with Crippen molar-refractivity contribution in [2.24, 2.45) is 5.92 Å². The molecular weight excluding hydrogens is 448 g/mol. The van der Waals surface area contributed by atoms with Crippen LogP contribution in [0.2, 0.25) is 0 Å². The summed E-state index contributed by atoms with van der Waals surface area (Å²) in [6.45, 7) is 8.45. The first kappa shape index (κ1) is 25.7. The minimum absolute atomic E-state index is 0.0681. The van der Waals surface area contributed by atoms with Gasteiger partial charge in [0, 0.05) is 13.1 Å². The minimum atomic E-state index is -3.81. The molecule has 0 aliphatic rings. The first-order valence-corrected chi connectivity index (χ1v) is 13.0. The predicted molar refractivity (Wildman–Crippen MR) is 134 cm³/mol. The van der Waals surface area contributed by atoms with Crippen molar-refractivity contribution in [2.75, 3.05) is 19.6 Å². The van der Waals surface area contributed by atoms with Crippen molar-refractivity contribution in [3.05, 3.63) is 89.4 Å². The summed E-state index contributed by atoms with van der Waals surface area (Å²) in [5.74, 6) is 1.27. The summed E-state index contributed by atoms with van der Waals surface area (Å²) in [6, 6.07) is 20.4. The van der Waals surface area contributed by atoms with Gasteiger partial charge in [0.1, 0.15) is 11.5 Å². The number of amides is 1. The van der Waals surface area contributed by atoms with Crippen molar-refractivity contribution >= 4 is 15.9 Å². The Hall–Kier alpha value is -2.90. The smallest absolute Gasteiger partial charge is 0.243 e. The summed E-state index contributed by atoms with van der Waals surface area (Å²) in [5.41, 5.74) is 2.09. The van der Waals surface area contributed by atoms with Crippen molar-refractivity contribution in [3.8, 4) is 0 Å². The van der Waals surface area contributed by atoms with Crippen molar-refractivity contribution in [1.29, 1.82) is 0 Å². The Morgan fingerprint density at radius 1 is 0.941 bits per heavy atom. The van der Waals surface area contributed by atoms with E-state index >= 15 is 0 Å². The van der Waals surface area contributed by atoms with Gasteiger partial charge < -0.3 is 9.32 Å². The monoisotopic (exact) mass is 482 g/mol. The third-order valence-corrected chi connectivity index (χ3v) is 7.37. The second-order valence-electron chi connectivity index (χ2n) is 9.07. The number of benzene rings is 2. The largest absolute Gasteiger partial charge is 0.464 e. The topological polar surface area (TPSA) is 70.8 Å². The SMILES string of the molecule is Cc1ccc(S(=O)(=O)N(CC(=O)N(CCc2ccccc2)Cc2ccc(C)o2)CC(C)C)cc1. The molecule has 0 fully saturated rings. The first-order valence-electron chi connectivity index (χ1n) is 11.6. The molecule has 0 aliphatic heterocycles. The van der Waals surface area contributed by atoms with Gasteiger partial charge in [-0.1, -0.05) is 61.9 Å². The summed E-state index contributed by atoms with van der Waals surface area (Å²) in [7, 11) is -3.81. The average Bonchev–Trinajstić information content (AvgIpc) is 3.21. The number of sulfonamides is 1. The highest BCUT2D eigenvalue weighted by Gasteiger charge is 2.29. The van der Waals surface area contributed by atoms with Crippen LogP contribution in [0.3, 0.4) is 0 Å². The van der Waals surface area contributed by atoms with Crippen LogP contribution in [0.25, 0.3) is 0 Å². The van der Waals surface area contributed by atoms with Gasteiger partial charge in [-0.3, -0.25) is 4.79 Å². The molecule has 6 nitrogen and oxygen atoms in total. The number of nitrogens with zero attached hydrogens (tertiary/aromatic N) is 2. The molecule has 0 unspecified atom stereocenters. The molecule has 0 N–H and O–H groups in total. The van der Waals surface area contributed by atoms with Crippen LogP contribution in [0, 0.1) is 19.8 Å². The molecule has 34 heavy (non-hydrogen) atoms. The van der Waals surface area contributed by atoms with Crippen LogP contribution in [0.1, 0.15) is 36.5 Å². The lowest BCUT2D eigenvalue weighted by atomic mass is 10.1. The van der Waals surface area contributed by atoms with E-state index in [1.165, 1.54) is 4.31 Å². The van der Waals surface area contributed by atoms with Crippen LogP contribution < -0.4 is 0 Å². The van der Waals surface area contributed by atoms with Crippen molar-refractivity contribution < 1.29 is 17.6 Å². The molecule has 0 atom stereocenters. The van der Waals surface area contributed by atoms with Crippen LogP contribution in [0.4, 0.5) is 0 Å². The molecule has 1 aromatic heterocycles. The van der Waals surface area contributed by atoms with Crippen LogP contribution in [0.15, 0.2) is 76.0 Å². The van der Waals surface area contributed by atoms with Gasteiger partial charge in [0.05, 0.1) is 18.0 Å². The Labute approximate surface area is 203 Å². The van der Waals surface area contributed by atoms with E-state index in [-0.39, 0.29) is 29.8 Å². The molecule has 182 valence electrons. The van der Waals surface area contributed by atoms with E-state index in [0.29, 0.717) is 25.3 Å². The second kappa shape index (κ2) is 11.5. The van der Waals surface area contributed by atoms with Crippen molar-refractivity contribution in [2.45, 2.75) is 45.6 Å². The lowest BCUT2D eigenvalue weighted by Crippen LogP contribution is -2.44. The van der Waals surface area contributed by atoms with Crippen LogP contribution >= 0.6 is 0 Å². The van der Waals surface area contributed by atoms with Crippen LogP contribution in [0.5, 0.6) is 0 Å². The fraction of sp³-hybridized carbons (Fsp3) is 0.370. The summed E-state index contributed by atoms with van der Waals surface area (Å²) < 4.78 is 33.8. The molecule has 0 bridgehead atoms. The fourth-order valence-electron chi connectivity index (χ4n) is 3.72. The van der Waals surface area contributed by atoms with Crippen molar-refractivity contribution in [3.63, 3.8) is 0 Å². The fourth-order valence-corrected chi connectivity index (χ4v) is 5.28. The highest BCUT2D eigenvalue weighted by molar-refractivity contribution is 7.89. The highest BCUT2D eigenvalue weighted by Crippen LogP contribution is 2.19. The number of hydrogen-bond donors (Lipinski definition) is 0. The molecule has 7 heteroatoms. The zero-order chi connectivity index (χ0) is 24.7. The predicted octanol–water partition coefficient (Wildman–Crippen LogP) is 4.81. The number of hydrogen-bond acceptors (Lipinski definition) is 4. The molecule has 1 heterocycles. The molecule has 0 saturated heterocycles. The van der Waals surface area contributed by atoms with Gasteiger partial charge in [-0.05, 0) is 56.0 Å². The molecule has 0 aliphatic carbocycles. The van der Waals surface area contributed by atoms with E-state index < -0.39 is 10.0 Å². The van der Waals surface area contributed by atoms with Crippen LogP contribution in [-0.2, 0) is 27.8 Å². The molecule has 3 rings (SSSR count). The maximum absolute atomic E-state index is 13.5. The van der Waals surface area contributed by atoms with E-state index in [1.807, 2.05) is 70.2 Å². The summed E-state index contributed by atoms with van der Waals surface area (Å²) in [4.78, 5) is 15.4. The molecular formula is C27H34N2O4S. The molecule has 0 spiro atoms. The molecule has 1 amide bonds. The number of rotatable bonds is 11. The molecule has 0 radical (unpaired) electrons. The molecule has 3 aromatic rings. The van der Waals surface area contributed by atoms with Crippen molar-refractivity contribution in [1.82, 2.24) is 9.21 Å². The third-order valence-electron chi connectivity index (χ3n) is 5.55. The van der Waals surface area contributed by atoms with E-state index in [4.69, 9.17) is 4.42 Å². The number of carbonyl (C=O) groups is 1. The Morgan fingerprint density at radius 2 is 1.62 bits per heavy atom. The van der Waals surface area contributed by atoms with Crippen LogP contribution in [-0.4, -0.2) is 43.2 Å². The summed E-state index contributed by atoms with van der Waals surface area (Å²) in [5, 5.41) is 0. The van der Waals surface area contributed by atoms with Gasteiger partial charge in [0.15, 0.2) is 0 Å². The standard InChI is InChI=1S/C27H34N2O4S/c1-21(2)18-29(34(31,32)26-14-10-22(3)11-15-26)20-27(30)28(19-25-13-12-23(4)33-25)17-16-24-8-6-5-7-9-24/h5-15,21H,16-20H2,1-4H3. The second-order valence-corrected chi connectivity index (χ2v) is 11.0. The summed E-state index contributed by atoms with van der Waals surface area (Å²) >= 11 is 0. The Bertz CT molecular complexity index is 1170. The highest BCUT2D eigenvalue weighted by atomic mass is 32.2. The maximum atomic E-state index is 13.5. The van der Waals surface area contributed by atoms with Gasteiger partial charge in [0.2, 0.25) is 15.9 Å². The molecule has 2 aromatic carbocycles. The minimum Gasteiger partial charge on any atom is -0.464 e. The van der Waals surface area contributed by atoms with E-state index in [1.54, 1.807) is 29.2 Å². The summed E-state index contributed by atoms with van der Waals surface area (Å²) in [6.07, 6.45) is 0.668. The number of carbonyl (C=O) groups excluding carboxylic acids is 1. The van der Waals surface area contributed by atoms with E-state index in [2.05, 4.69) is 0 Å². The average molecular weight is 483 g/mol. The maximum Gasteiger partial charge on any atom is 0.243 e. The Morgan fingerprint density at radius 3 is 2.21 bits per heavy atom. The first-order chi connectivity index (χ1) is 16.1.